The number of rotatable bonds is 5. The molecule has 2 N–H and O–H groups in total. The molecule has 1 aromatic rings. The number of aliphatic hydroxyl groups is 1. The zero-order valence-electron chi connectivity index (χ0n) is 13.6. The van der Waals surface area contributed by atoms with Crippen molar-refractivity contribution in [1.82, 2.24) is 5.32 Å². The van der Waals surface area contributed by atoms with E-state index in [1.807, 2.05) is 20.8 Å². The SMILES string of the molecule is CC(NC(=O)C[C@@H](O)C(C)(C)C)c1cccc(OC(F)(F)F)c1. The molecule has 1 amide bonds. The lowest BCUT2D eigenvalue weighted by Crippen LogP contribution is -2.35. The van der Waals surface area contributed by atoms with Gasteiger partial charge in [0, 0.05) is 0 Å². The fourth-order valence-electron chi connectivity index (χ4n) is 1.85. The fourth-order valence-corrected chi connectivity index (χ4v) is 1.85. The van der Waals surface area contributed by atoms with Gasteiger partial charge in [-0.25, -0.2) is 0 Å². The van der Waals surface area contributed by atoms with Crippen molar-refractivity contribution < 1.29 is 27.8 Å². The Morgan fingerprint density at radius 3 is 2.43 bits per heavy atom. The summed E-state index contributed by atoms with van der Waals surface area (Å²) in [6, 6.07) is 4.91. The van der Waals surface area contributed by atoms with E-state index in [4.69, 9.17) is 0 Å². The first kappa shape index (κ1) is 19.3. The molecule has 0 radical (unpaired) electrons. The summed E-state index contributed by atoms with van der Waals surface area (Å²) < 4.78 is 40.5. The number of hydrogen-bond acceptors (Lipinski definition) is 3. The van der Waals surface area contributed by atoms with Gasteiger partial charge in [-0.2, -0.15) is 0 Å². The minimum absolute atomic E-state index is 0.0768. The Morgan fingerprint density at radius 2 is 1.91 bits per heavy atom. The van der Waals surface area contributed by atoms with Crippen LogP contribution < -0.4 is 10.1 Å². The number of halogens is 3. The number of hydrogen-bond donors (Lipinski definition) is 2. The van der Waals surface area contributed by atoms with E-state index in [1.165, 1.54) is 18.2 Å². The Balaban J connectivity index is 2.69. The molecule has 0 heterocycles. The molecule has 7 heteroatoms. The third kappa shape index (κ3) is 6.90. The van der Waals surface area contributed by atoms with Crippen molar-refractivity contribution in [3.63, 3.8) is 0 Å². The van der Waals surface area contributed by atoms with Crippen LogP contribution in [0.3, 0.4) is 0 Å². The average molecular weight is 333 g/mol. The Labute approximate surface area is 133 Å². The van der Waals surface area contributed by atoms with Gasteiger partial charge in [0.1, 0.15) is 5.75 Å². The summed E-state index contributed by atoms with van der Waals surface area (Å²) in [6.07, 6.45) is -5.65. The van der Waals surface area contributed by atoms with Gasteiger partial charge in [-0.1, -0.05) is 32.9 Å². The van der Waals surface area contributed by atoms with Crippen LogP contribution in [0.25, 0.3) is 0 Å². The lowest BCUT2D eigenvalue weighted by atomic mass is 9.87. The lowest BCUT2D eigenvalue weighted by molar-refractivity contribution is -0.274. The van der Waals surface area contributed by atoms with E-state index >= 15 is 0 Å². The van der Waals surface area contributed by atoms with Crippen LogP contribution in [-0.2, 0) is 4.79 Å². The van der Waals surface area contributed by atoms with Gasteiger partial charge in [0.2, 0.25) is 5.91 Å². The highest BCUT2D eigenvalue weighted by Crippen LogP contribution is 2.26. The van der Waals surface area contributed by atoms with Gasteiger partial charge in [0.15, 0.2) is 0 Å². The zero-order chi connectivity index (χ0) is 17.8. The van der Waals surface area contributed by atoms with Gasteiger partial charge in [0.25, 0.3) is 0 Å². The number of aliphatic hydroxyl groups excluding tert-OH is 1. The highest BCUT2D eigenvalue weighted by atomic mass is 19.4. The number of ether oxygens (including phenoxy) is 1. The highest BCUT2D eigenvalue weighted by molar-refractivity contribution is 5.77. The van der Waals surface area contributed by atoms with Crippen LogP contribution >= 0.6 is 0 Å². The molecule has 130 valence electrons. The average Bonchev–Trinajstić information content (AvgIpc) is 2.35. The topological polar surface area (TPSA) is 58.6 Å². The standard InChI is InChI=1S/C16H22F3NO3/c1-10(20-14(22)9-13(21)15(2,3)4)11-6-5-7-12(8-11)23-16(17,18)19/h5-8,10,13,21H,9H2,1-4H3,(H,20,22)/t10?,13-/m1/s1. The first-order valence-corrected chi connectivity index (χ1v) is 7.21. The van der Waals surface area contributed by atoms with Crippen molar-refractivity contribution >= 4 is 5.91 Å². The monoisotopic (exact) mass is 333 g/mol. The maximum absolute atomic E-state index is 12.2. The van der Waals surface area contributed by atoms with E-state index in [-0.39, 0.29) is 18.1 Å². The van der Waals surface area contributed by atoms with Crippen molar-refractivity contribution in [2.75, 3.05) is 0 Å². The second-order valence-corrected chi connectivity index (χ2v) is 6.50. The van der Waals surface area contributed by atoms with Gasteiger partial charge >= 0.3 is 6.36 Å². The molecule has 0 aromatic heterocycles. The summed E-state index contributed by atoms with van der Waals surface area (Å²) in [5.74, 6) is -0.715. The molecule has 2 atom stereocenters. The van der Waals surface area contributed by atoms with Crippen molar-refractivity contribution in [1.29, 1.82) is 0 Å². The van der Waals surface area contributed by atoms with Gasteiger partial charge in [-0.3, -0.25) is 4.79 Å². The lowest BCUT2D eigenvalue weighted by Gasteiger charge is -2.26. The molecule has 0 fully saturated rings. The Kier molecular flexibility index (Phi) is 6.04. The second-order valence-electron chi connectivity index (χ2n) is 6.50. The van der Waals surface area contributed by atoms with E-state index in [2.05, 4.69) is 10.1 Å². The summed E-state index contributed by atoms with van der Waals surface area (Å²) in [6.45, 7) is 7.08. The minimum atomic E-state index is -4.76. The van der Waals surface area contributed by atoms with Crippen LogP contribution in [0.15, 0.2) is 24.3 Å². The summed E-state index contributed by atoms with van der Waals surface area (Å²) >= 11 is 0. The maximum atomic E-state index is 12.2. The Morgan fingerprint density at radius 1 is 1.30 bits per heavy atom. The van der Waals surface area contributed by atoms with Gasteiger partial charge in [0.05, 0.1) is 18.6 Å². The van der Waals surface area contributed by atoms with Crippen LogP contribution in [0.5, 0.6) is 5.75 Å². The first-order chi connectivity index (χ1) is 10.4. The molecule has 0 bridgehead atoms. The van der Waals surface area contributed by atoms with Crippen LogP contribution in [0.4, 0.5) is 13.2 Å². The van der Waals surface area contributed by atoms with Crippen LogP contribution in [-0.4, -0.2) is 23.5 Å². The van der Waals surface area contributed by atoms with E-state index in [1.54, 1.807) is 13.0 Å². The quantitative estimate of drug-likeness (QED) is 0.866. The van der Waals surface area contributed by atoms with E-state index in [0.29, 0.717) is 5.56 Å². The molecule has 0 saturated heterocycles. The van der Waals surface area contributed by atoms with Gasteiger partial charge < -0.3 is 15.2 Å². The molecule has 23 heavy (non-hydrogen) atoms. The number of carbonyl (C=O) groups excluding carboxylic acids is 1. The van der Waals surface area contributed by atoms with Gasteiger partial charge in [-0.05, 0) is 30.0 Å². The normalized spacial score (nSPS) is 15.0. The second kappa shape index (κ2) is 7.21. The number of carbonyl (C=O) groups is 1. The van der Waals surface area contributed by atoms with E-state index in [0.717, 1.165) is 0 Å². The fraction of sp³-hybridized carbons (Fsp3) is 0.562. The Bertz CT molecular complexity index is 538. The molecule has 0 aliphatic carbocycles. The molecular formula is C16H22F3NO3. The minimum Gasteiger partial charge on any atom is -0.406 e. The first-order valence-electron chi connectivity index (χ1n) is 7.21. The van der Waals surface area contributed by atoms with E-state index in [9.17, 15) is 23.1 Å². The van der Waals surface area contributed by atoms with Crippen LogP contribution in [0.2, 0.25) is 0 Å². The molecule has 4 nitrogen and oxygen atoms in total. The maximum Gasteiger partial charge on any atom is 0.573 e. The Hall–Kier alpha value is -1.76. The third-order valence-electron chi connectivity index (χ3n) is 3.35. The van der Waals surface area contributed by atoms with Crippen LogP contribution in [0.1, 0.15) is 45.7 Å². The summed E-state index contributed by atoms with van der Waals surface area (Å²) in [4.78, 5) is 11.9. The van der Waals surface area contributed by atoms with Crippen molar-refractivity contribution in [3.8, 4) is 5.75 Å². The summed E-state index contributed by atoms with van der Waals surface area (Å²) in [5, 5.41) is 12.6. The predicted octanol–water partition coefficient (Wildman–Crippen LogP) is 3.56. The zero-order valence-corrected chi connectivity index (χ0v) is 13.6. The molecule has 1 rings (SSSR count). The van der Waals surface area contributed by atoms with Crippen molar-refractivity contribution in [3.05, 3.63) is 29.8 Å². The van der Waals surface area contributed by atoms with Crippen LogP contribution in [0, 0.1) is 5.41 Å². The summed E-state index contributed by atoms with van der Waals surface area (Å²) in [5.41, 5.74) is 0.0477. The number of nitrogens with one attached hydrogen (secondary N) is 1. The van der Waals surface area contributed by atoms with Crippen molar-refractivity contribution in [2.45, 2.75) is 52.6 Å². The molecule has 0 aliphatic heterocycles. The van der Waals surface area contributed by atoms with Gasteiger partial charge in [-0.15, -0.1) is 13.2 Å². The molecule has 1 unspecified atom stereocenters. The number of alkyl halides is 3. The molecule has 0 saturated carbocycles. The highest BCUT2D eigenvalue weighted by Gasteiger charge is 2.31. The smallest absolute Gasteiger partial charge is 0.406 e. The number of benzene rings is 1. The van der Waals surface area contributed by atoms with Crippen molar-refractivity contribution in [2.24, 2.45) is 5.41 Å². The molecule has 0 aliphatic rings. The largest absolute Gasteiger partial charge is 0.573 e. The molecular weight excluding hydrogens is 311 g/mol. The molecule has 1 aromatic carbocycles. The number of amides is 1. The third-order valence-corrected chi connectivity index (χ3v) is 3.35. The predicted molar refractivity (Wildman–Crippen MR) is 79.8 cm³/mol. The molecule has 0 spiro atoms. The summed E-state index contributed by atoms with van der Waals surface area (Å²) in [7, 11) is 0. The van der Waals surface area contributed by atoms with E-state index < -0.39 is 23.9 Å².